The molecule has 0 N–H and O–H groups in total. The summed E-state index contributed by atoms with van der Waals surface area (Å²) in [5, 5.41) is 0.915. The number of pyridine rings is 1. The molecule has 0 radical (unpaired) electrons. The average Bonchev–Trinajstić information content (AvgIpc) is 3.02. The maximum atomic E-state index is 12.3. The molecule has 0 saturated carbocycles. The van der Waals surface area contributed by atoms with Gasteiger partial charge in [0.2, 0.25) is 6.79 Å². The van der Waals surface area contributed by atoms with E-state index < -0.39 is 5.97 Å². The van der Waals surface area contributed by atoms with Crippen molar-refractivity contribution in [2.45, 2.75) is 0 Å². The molecule has 116 valence electrons. The van der Waals surface area contributed by atoms with E-state index in [4.69, 9.17) is 14.2 Å². The Labute approximate surface area is 138 Å². The maximum absolute atomic E-state index is 12.3. The Bertz CT molecular complexity index is 876. The van der Waals surface area contributed by atoms with E-state index in [-0.39, 0.29) is 19.2 Å². The van der Waals surface area contributed by atoms with Crippen LogP contribution in [-0.2, 0) is 0 Å². The summed E-state index contributed by atoms with van der Waals surface area (Å²) >= 11 is 0. The zero-order valence-electron chi connectivity index (χ0n) is 11.9. The fourth-order valence-corrected chi connectivity index (χ4v) is 2.34. The van der Waals surface area contributed by atoms with Crippen LogP contribution in [0.2, 0.25) is 0 Å². The quantitative estimate of drug-likeness (QED) is 0.531. The van der Waals surface area contributed by atoms with Crippen molar-refractivity contribution in [3.8, 4) is 17.2 Å². The first-order valence-electron chi connectivity index (χ1n) is 6.77. The minimum absolute atomic E-state index is 0. The average molecular weight is 330 g/mol. The number of hydrogen-bond acceptors (Lipinski definition) is 5. The maximum Gasteiger partial charge on any atom is 0.343 e. The van der Waals surface area contributed by atoms with Gasteiger partial charge in [-0.3, -0.25) is 4.98 Å². The van der Waals surface area contributed by atoms with Crippen molar-refractivity contribution >= 4 is 29.3 Å². The Kier molecular flexibility index (Phi) is 4.04. The summed E-state index contributed by atoms with van der Waals surface area (Å²) in [6, 6.07) is 14.2. The fourth-order valence-electron chi connectivity index (χ4n) is 2.34. The Balaban J connectivity index is 0.00000156. The van der Waals surface area contributed by atoms with Crippen molar-refractivity contribution < 1.29 is 19.0 Å². The van der Waals surface area contributed by atoms with E-state index in [1.807, 2.05) is 24.3 Å². The number of hydrogen-bond donors (Lipinski definition) is 0. The number of ether oxygens (including phenoxy) is 3. The zero-order valence-corrected chi connectivity index (χ0v) is 12.7. The van der Waals surface area contributed by atoms with Crippen LogP contribution in [0.4, 0.5) is 0 Å². The predicted molar refractivity (Wildman–Crippen MR) is 86.5 cm³/mol. The first-order chi connectivity index (χ1) is 10.8. The molecule has 0 unspecified atom stereocenters. The second kappa shape index (κ2) is 6.14. The smallest absolute Gasteiger partial charge is 0.343 e. The van der Waals surface area contributed by atoms with Gasteiger partial charge in [0.15, 0.2) is 17.2 Å². The van der Waals surface area contributed by atoms with E-state index in [0.29, 0.717) is 28.3 Å². The topological polar surface area (TPSA) is 57.7 Å². The number of benzene rings is 2. The molecule has 5 nitrogen and oxygen atoms in total. The lowest BCUT2D eigenvalue weighted by atomic mass is 10.2. The summed E-state index contributed by atoms with van der Waals surface area (Å²) in [7, 11) is 0. The molecular weight excluding hydrogens is 318 g/mol. The minimum Gasteiger partial charge on any atom is -0.454 e. The molecule has 2 heterocycles. The van der Waals surface area contributed by atoms with Crippen LogP contribution in [0.5, 0.6) is 17.2 Å². The molecule has 0 saturated heterocycles. The van der Waals surface area contributed by atoms with E-state index >= 15 is 0 Å². The Hall–Kier alpha value is -2.79. The second-order valence-electron chi connectivity index (χ2n) is 4.79. The minimum atomic E-state index is -0.462. The lowest BCUT2D eigenvalue weighted by Gasteiger charge is -2.07. The van der Waals surface area contributed by atoms with E-state index in [1.165, 1.54) is 0 Å². The van der Waals surface area contributed by atoms with Crippen LogP contribution in [0.1, 0.15) is 10.4 Å². The van der Waals surface area contributed by atoms with E-state index in [0.717, 1.165) is 5.39 Å². The summed E-state index contributed by atoms with van der Waals surface area (Å²) in [4.78, 5) is 16.6. The number of aromatic nitrogens is 1. The number of halogens is 1. The summed E-state index contributed by atoms with van der Waals surface area (Å²) in [6.07, 6.45) is 1.67. The molecule has 3 aromatic rings. The van der Waals surface area contributed by atoms with Gasteiger partial charge in [0, 0.05) is 11.6 Å². The van der Waals surface area contributed by atoms with Crippen molar-refractivity contribution in [3.05, 3.63) is 60.3 Å². The van der Waals surface area contributed by atoms with Crippen LogP contribution in [-0.4, -0.2) is 17.7 Å². The number of fused-ring (bicyclic) bond motifs is 2. The highest BCUT2D eigenvalue weighted by Crippen LogP contribution is 2.33. The summed E-state index contributed by atoms with van der Waals surface area (Å²) in [6.45, 7) is 0.168. The Morgan fingerprint density at radius 3 is 2.78 bits per heavy atom. The van der Waals surface area contributed by atoms with Crippen LogP contribution in [0.3, 0.4) is 0 Å². The van der Waals surface area contributed by atoms with E-state index in [9.17, 15) is 4.79 Å². The van der Waals surface area contributed by atoms with Crippen LogP contribution in [0, 0.1) is 0 Å². The number of nitrogens with zero attached hydrogens (tertiary/aromatic N) is 1. The Morgan fingerprint density at radius 2 is 1.87 bits per heavy atom. The van der Waals surface area contributed by atoms with Crippen molar-refractivity contribution in [2.75, 3.05) is 6.79 Å². The van der Waals surface area contributed by atoms with Gasteiger partial charge in [-0.15, -0.1) is 12.4 Å². The largest absolute Gasteiger partial charge is 0.454 e. The van der Waals surface area contributed by atoms with Crippen molar-refractivity contribution in [3.63, 3.8) is 0 Å². The summed E-state index contributed by atoms with van der Waals surface area (Å²) in [5.41, 5.74) is 1.05. The number of esters is 1. The molecular formula is C17H12ClNO4. The molecule has 0 fully saturated rings. The lowest BCUT2D eigenvalue weighted by molar-refractivity contribution is 0.0736. The third kappa shape index (κ3) is 2.78. The molecule has 4 rings (SSSR count). The van der Waals surface area contributed by atoms with Gasteiger partial charge in [-0.25, -0.2) is 4.79 Å². The Morgan fingerprint density at radius 1 is 1.04 bits per heavy atom. The van der Waals surface area contributed by atoms with Gasteiger partial charge in [0.05, 0.1) is 5.56 Å². The highest BCUT2D eigenvalue weighted by Gasteiger charge is 2.18. The van der Waals surface area contributed by atoms with E-state index in [1.54, 1.807) is 30.5 Å². The molecule has 0 aliphatic carbocycles. The first-order valence-corrected chi connectivity index (χ1v) is 6.77. The van der Waals surface area contributed by atoms with Crippen LogP contribution < -0.4 is 14.2 Å². The lowest BCUT2D eigenvalue weighted by Crippen LogP contribution is -2.08. The van der Waals surface area contributed by atoms with Gasteiger partial charge >= 0.3 is 5.97 Å². The van der Waals surface area contributed by atoms with Gasteiger partial charge in [0.1, 0.15) is 5.52 Å². The third-order valence-corrected chi connectivity index (χ3v) is 3.41. The molecule has 0 amide bonds. The summed E-state index contributed by atoms with van der Waals surface area (Å²) < 4.78 is 16.0. The number of carbonyl (C=O) groups excluding carboxylic acids is 1. The molecule has 1 aliphatic rings. The van der Waals surface area contributed by atoms with Crippen LogP contribution >= 0.6 is 12.4 Å². The number of para-hydroxylation sites is 1. The molecule has 0 atom stereocenters. The molecule has 2 aromatic carbocycles. The SMILES string of the molecule is Cl.O=C(Oc1cccc2cccnc12)c1ccc2c(c1)OCO2. The zero-order chi connectivity index (χ0) is 14.9. The molecule has 0 bridgehead atoms. The highest BCUT2D eigenvalue weighted by molar-refractivity contribution is 5.94. The number of carbonyl (C=O) groups is 1. The van der Waals surface area contributed by atoms with Crippen molar-refractivity contribution in [1.29, 1.82) is 0 Å². The molecule has 23 heavy (non-hydrogen) atoms. The molecule has 1 aromatic heterocycles. The van der Waals surface area contributed by atoms with Crippen molar-refractivity contribution in [2.24, 2.45) is 0 Å². The molecule has 1 aliphatic heterocycles. The van der Waals surface area contributed by atoms with Gasteiger partial charge in [0.25, 0.3) is 0 Å². The van der Waals surface area contributed by atoms with Gasteiger partial charge < -0.3 is 14.2 Å². The standard InChI is InChI=1S/C17H11NO4.ClH/c19-17(12-6-7-13-15(9-12)21-10-20-13)22-14-5-1-3-11-4-2-8-18-16(11)14;/h1-9H,10H2;1H. The van der Waals surface area contributed by atoms with E-state index in [2.05, 4.69) is 4.98 Å². The molecule has 6 heteroatoms. The van der Waals surface area contributed by atoms with Crippen LogP contribution in [0.25, 0.3) is 10.9 Å². The first kappa shape index (κ1) is 15.1. The normalized spacial score (nSPS) is 11.8. The monoisotopic (exact) mass is 329 g/mol. The van der Waals surface area contributed by atoms with Gasteiger partial charge in [-0.2, -0.15) is 0 Å². The molecule has 0 spiro atoms. The number of rotatable bonds is 2. The van der Waals surface area contributed by atoms with Crippen molar-refractivity contribution in [1.82, 2.24) is 4.98 Å². The van der Waals surface area contributed by atoms with Crippen LogP contribution in [0.15, 0.2) is 54.7 Å². The summed E-state index contributed by atoms with van der Waals surface area (Å²) in [5.74, 6) is 1.14. The second-order valence-corrected chi connectivity index (χ2v) is 4.79. The predicted octanol–water partition coefficient (Wildman–Crippen LogP) is 3.60. The van der Waals surface area contributed by atoms with Gasteiger partial charge in [-0.05, 0) is 30.3 Å². The highest BCUT2D eigenvalue weighted by atomic mass is 35.5. The van der Waals surface area contributed by atoms with Gasteiger partial charge in [-0.1, -0.05) is 18.2 Å². The third-order valence-electron chi connectivity index (χ3n) is 3.41. The fraction of sp³-hybridized carbons (Fsp3) is 0.0588.